The Morgan fingerprint density at radius 3 is 2.68 bits per heavy atom. The number of anilines is 1. The van der Waals surface area contributed by atoms with Crippen LogP contribution in [0.3, 0.4) is 0 Å². The summed E-state index contributed by atoms with van der Waals surface area (Å²) in [5, 5.41) is 2.29. The van der Waals surface area contributed by atoms with E-state index in [1.54, 1.807) is 0 Å². The highest BCUT2D eigenvalue weighted by Crippen LogP contribution is 2.29. The third kappa shape index (κ3) is 2.65. The molecule has 3 nitrogen and oxygen atoms in total. The number of hydrogen-bond donors (Lipinski definition) is 1. The van der Waals surface area contributed by atoms with Gasteiger partial charge in [0.15, 0.2) is 10.9 Å². The molecule has 0 saturated carbocycles. The van der Waals surface area contributed by atoms with E-state index >= 15 is 0 Å². The largest absolute Gasteiger partial charge is 0.298 e. The number of carbonyl (C=O) groups is 1. The lowest BCUT2D eigenvalue weighted by atomic mass is 10.2. The summed E-state index contributed by atoms with van der Waals surface area (Å²) in [4.78, 5) is 15.9. The van der Waals surface area contributed by atoms with Gasteiger partial charge >= 0.3 is 0 Å². The predicted octanol–water partition coefficient (Wildman–Crippen LogP) is 4.62. The lowest BCUT2D eigenvalue weighted by Crippen LogP contribution is -2.14. The van der Waals surface area contributed by atoms with E-state index in [9.17, 15) is 18.0 Å². The number of halogens is 4. The van der Waals surface area contributed by atoms with Crippen molar-refractivity contribution in [2.24, 2.45) is 0 Å². The van der Waals surface area contributed by atoms with Gasteiger partial charge < -0.3 is 0 Å². The maximum atomic E-state index is 13.7. The molecule has 3 aromatic rings. The number of hydrogen-bond acceptors (Lipinski definition) is 3. The Labute approximate surface area is 131 Å². The van der Waals surface area contributed by atoms with Gasteiger partial charge in [0.25, 0.3) is 5.91 Å². The SMILES string of the molecule is O=C(Nc1nc2c(F)cc(F)cc2s1)c1c(F)cccc1Cl. The first-order valence-electron chi connectivity index (χ1n) is 5.96. The topological polar surface area (TPSA) is 42.0 Å². The lowest BCUT2D eigenvalue weighted by molar-refractivity contribution is 0.102. The van der Waals surface area contributed by atoms with E-state index in [-0.39, 0.29) is 25.9 Å². The molecule has 0 aliphatic carbocycles. The first-order chi connectivity index (χ1) is 10.5. The predicted molar refractivity (Wildman–Crippen MR) is 78.9 cm³/mol. The van der Waals surface area contributed by atoms with Crippen LogP contribution in [0, 0.1) is 17.5 Å². The first-order valence-corrected chi connectivity index (χ1v) is 7.16. The number of aromatic nitrogens is 1. The minimum absolute atomic E-state index is 0.0174. The zero-order valence-electron chi connectivity index (χ0n) is 10.7. The van der Waals surface area contributed by atoms with E-state index < -0.39 is 23.4 Å². The molecule has 0 saturated heterocycles. The molecule has 8 heteroatoms. The van der Waals surface area contributed by atoms with E-state index in [0.717, 1.165) is 23.5 Å². The highest BCUT2D eigenvalue weighted by molar-refractivity contribution is 7.22. The van der Waals surface area contributed by atoms with Crippen LogP contribution in [0.1, 0.15) is 10.4 Å². The minimum Gasteiger partial charge on any atom is -0.298 e. The Morgan fingerprint density at radius 1 is 1.18 bits per heavy atom. The second kappa shape index (κ2) is 5.58. The van der Waals surface area contributed by atoms with Crippen LogP contribution in [0.4, 0.5) is 18.3 Å². The smallest absolute Gasteiger partial charge is 0.261 e. The van der Waals surface area contributed by atoms with E-state index in [1.165, 1.54) is 12.1 Å². The van der Waals surface area contributed by atoms with Gasteiger partial charge in [-0.05, 0) is 18.2 Å². The average molecular weight is 343 g/mol. The van der Waals surface area contributed by atoms with Crippen LogP contribution in [0.5, 0.6) is 0 Å². The molecule has 1 heterocycles. The number of benzene rings is 2. The summed E-state index contributed by atoms with van der Waals surface area (Å²) in [7, 11) is 0. The van der Waals surface area contributed by atoms with Gasteiger partial charge in [-0.1, -0.05) is 29.0 Å². The molecule has 0 spiro atoms. The molecule has 1 N–H and O–H groups in total. The third-order valence-electron chi connectivity index (χ3n) is 2.82. The Morgan fingerprint density at radius 2 is 1.95 bits per heavy atom. The van der Waals surface area contributed by atoms with Crippen molar-refractivity contribution in [3.05, 3.63) is 58.4 Å². The van der Waals surface area contributed by atoms with Crippen molar-refractivity contribution in [1.29, 1.82) is 0 Å². The fraction of sp³-hybridized carbons (Fsp3) is 0. The van der Waals surface area contributed by atoms with Gasteiger partial charge in [-0.2, -0.15) is 0 Å². The monoisotopic (exact) mass is 342 g/mol. The van der Waals surface area contributed by atoms with E-state index in [0.29, 0.717) is 6.07 Å². The summed E-state index contributed by atoms with van der Waals surface area (Å²) in [6.45, 7) is 0. The van der Waals surface area contributed by atoms with Gasteiger partial charge in [0.05, 0.1) is 15.3 Å². The summed E-state index contributed by atoms with van der Waals surface area (Å²) in [6, 6.07) is 5.62. The van der Waals surface area contributed by atoms with Crippen molar-refractivity contribution in [2.45, 2.75) is 0 Å². The Bertz CT molecular complexity index is 877. The van der Waals surface area contributed by atoms with Crippen LogP contribution >= 0.6 is 22.9 Å². The summed E-state index contributed by atoms with van der Waals surface area (Å²) in [6.07, 6.45) is 0. The van der Waals surface area contributed by atoms with Gasteiger partial charge in [-0.3, -0.25) is 10.1 Å². The quantitative estimate of drug-likeness (QED) is 0.738. The van der Waals surface area contributed by atoms with Gasteiger partial charge in [0.1, 0.15) is 17.2 Å². The summed E-state index contributed by atoms with van der Waals surface area (Å²) >= 11 is 6.66. The molecule has 0 bridgehead atoms. The normalized spacial score (nSPS) is 10.9. The lowest BCUT2D eigenvalue weighted by Gasteiger charge is -2.04. The molecule has 22 heavy (non-hydrogen) atoms. The van der Waals surface area contributed by atoms with Crippen LogP contribution in [-0.4, -0.2) is 10.9 Å². The van der Waals surface area contributed by atoms with Crippen LogP contribution in [-0.2, 0) is 0 Å². The summed E-state index contributed by atoms with van der Waals surface area (Å²) < 4.78 is 40.6. The molecular weight excluding hydrogens is 337 g/mol. The van der Waals surface area contributed by atoms with Crippen molar-refractivity contribution in [2.75, 3.05) is 5.32 Å². The fourth-order valence-corrected chi connectivity index (χ4v) is 3.03. The zero-order chi connectivity index (χ0) is 15.9. The van der Waals surface area contributed by atoms with E-state index in [1.807, 2.05) is 0 Å². The average Bonchev–Trinajstić information content (AvgIpc) is 2.81. The van der Waals surface area contributed by atoms with Gasteiger partial charge in [-0.15, -0.1) is 0 Å². The number of amides is 1. The van der Waals surface area contributed by atoms with Crippen molar-refractivity contribution in [1.82, 2.24) is 4.98 Å². The highest BCUT2D eigenvalue weighted by atomic mass is 35.5. The standard InChI is InChI=1S/C14H6ClF3N2OS/c15-7-2-1-3-8(17)11(7)13(21)20-14-19-12-9(18)4-6(16)5-10(12)22-14/h1-5H,(H,19,20,21). The van der Waals surface area contributed by atoms with Crippen molar-refractivity contribution in [3.63, 3.8) is 0 Å². The number of nitrogens with zero attached hydrogens (tertiary/aromatic N) is 1. The molecule has 1 aromatic heterocycles. The number of carbonyl (C=O) groups excluding carboxylic acids is 1. The second-order valence-electron chi connectivity index (χ2n) is 4.30. The number of nitrogens with one attached hydrogen (secondary N) is 1. The molecule has 0 unspecified atom stereocenters. The second-order valence-corrected chi connectivity index (χ2v) is 5.74. The summed E-state index contributed by atoms with van der Waals surface area (Å²) in [5.74, 6) is -3.19. The molecule has 0 aliphatic rings. The van der Waals surface area contributed by atoms with Crippen molar-refractivity contribution >= 4 is 44.2 Å². The van der Waals surface area contributed by atoms with Gasteiger partial charge in [-0.25, -0.2) is 18.2 Å². The first kappa shape index (κ1) is 14.8. The maximum Gasteiger partial charge on any atom is 0.261 e. The Hall–Kier alpha value is -2.12. The number of thiazole rings is 1. The molecule has 0 radical (unpaired) electrons. The molecule has 2 aromatic carbocycles. The molecule has 3 rings (SSSR count). The molecule has 0 aliphatic heterocycles. The van der Waals surface area contributed by atoms with Crippen molar-refractivity contribution < 1.29 is 18.0 Å². The van der Waals surface area contributed by atoms with Crippen LogP contribution in [0.2, 0.25) is 5.02 Å². The highest BCUT2D eigenvalue weighted by Gasteiger charge is 2.18. The zero-order valence-corrected chi connectivity index (χ0v) is 12.2. The minimum atomic E-state index is -0.837. The Kier molecular flexibility index (Phi) is 3.76. The molecule has 1 amide bonds. The maximum absolute atomic E-state index is 13.7. The van der Waals surface area contributed by atoms with Gasteiger partial charge in [0.2, 0.25) is 0 Å². The molecule has 112 valence electrons. The molecule has 0 atom stereocenters. The fourth-order valence-electron chi connectivity index (χ4n) is 1.89. The van der Waals surface area contributed by atoms with Crippen LogP contribution in [0.15, 0.2) is 30.3 Å². The van der Waals surface area contributed by atoms with Crippen molar-refractivity contribution in [3.8, 4) is 0 Å². The van der Waals surface area contributed by atoms with Crippen LogP contribution in [0.25, 0.3) is 10.2 Å². The number of fused-ring (bicyclic) bond motifs is 1. The third-order valence-corrected chi connectivity index (χ3v) is 4.06. The number of rotatable bonds is 2. The van der Waals surface area contributed by atoms with Gasteiger partial charge in [0, 0.05) is 6.07 Å². The Balaban J connectivity index is 1.96. The molecule has 0 fully saturated rings. The summed E-state index contributed by atoms with van der Waals surface area (Å²) in [5.41, 5.74) is -0.406. The van der Waals surface area contributed by atoms with Crippen LogP contribution < -0.4 is 5.32 Å². The van der Waals surface area contributed by atoms with E-state index in [2.05, 4.69) is 10.3 Å². The van der Waals surface area contributed by atoms with E-state index in [4.69, 9.17) is 11.6 Å². The molecular formula is C14H6ClF3N2OS.